The molecular weight excluding hydrogens is 222 g/mol. The second-order valence-corrected chi connectivity index (χ2v) is 5.51. The van der Waals surface area contributed by atoms with Gasteiger partial charge in [0.1, 0.15) is 5.15 Å². The molecule has 3 nitrogen and oxygen atoms in total. The third-order valence-electron chi connectivity index (χ3n) is 3.37. The van der Waals surface area contributed by atoms with E-state index in [9.17, 15) is 0 Å². The van der Waals surface area contributed by atoms with Gasteiger partial charge in [0.15, 0.2) is 5.65 Å². The molecular formula is C12H14ClN3. The standard InChI is InChI=1S/C12H14ClN3/c1-8-7-14-16-10(13)5-9(15-11(8)16)6-12(2)3-4-12/h5,7H,3-4,6H2,1-2H3. The highest BCUT2D eigenvalue weighted by atomic mass is 35.5. The minimum absolute atomic E-state index is 0.461. The molecule has 0 spiro atoms. The molecule has 0 radical (unpaired) electrons. The third-order valence-corrected chi connectivity index (χ3v) is 3.64. The highest BCUT2D eigenvalue weighted by molar-refractivity contribution is 6.29. The van der Waals surface area contributed by atoms with Crippen LogP contribution in [0.1, 0.15) is 31.0 Å². The maximum absolute atomic E-state index is 6.19. The number of rotatable bonds is 2. The van der Waals surface area contributed by atoms with Crippen LogP contribution in [-0.4, -0.2) is 14.6 Å². The van der Waals surface area contributed by atoms with Gasteiger partial charge in [-0.3, -0.25) is 0 Å². The average molecular weight is 236 g/mol. The van der Waals surface area contributed by atoms with E-state index in [4.69, 9.17) is 11.6 Å². The van der Waals surface area contributed by atoms with Gasteiger partial charge in [0, 0.05) is 11.3 Å². The van der Waals surface area contributed by atoms with E-state index in [1.54, 1.807) is 10.7 Å². The van der Waals surface area contributed by atoms with Crippen molar-refractivity contribution < 1.29 is 0 Å². The molecule has 0 N–H and O–H groups in total. The Morgan fingerprint density at radius 2 is 2.25 bits per heavy atom. The van der Waals surface area contributed by atoms with E-state index in [1.807, 2.05) is 13.0 Å². The molecule has 84 valence electrons. The molecule has 0 saturated heterocycles. The number of aromatic nitrogens is 3. The maximum atomic E-state index is 6.19. The number of halogens is 1. The lowest BCUT2D eigenvalue weighted by Crippen LogP contribution is -2.04. The minimum Gasteiger partial charge on any atom is -0.233 e. The molecule has 4 heteroatoms. The Kier molecular flexibility index (Phi) is 2.02. The highest BCUT2D eigenvalue weighted by Gasteiger charge is 2.37. The summed E-state index contributed by atoms with van der Waals surface area (Å²) in [4.78, 5) is 4.64. The van der Waals surface area contributed by atoms with E-state index in [0.717, 1.165) is 23.3 Å². The summed E-state index contributed by atoms with van der Waals surface area (Å²) in [5.74, 6) is 0. The van der Waals surface area contributed by atoms with Crippen molar-refractivity contribution in [2.45, 2.75) is 33.1 Å². The van der Waals surface area contributed by atoms with Crippen LogP contribution in [0.5, 0.6) is 0 Å². The zero-order valence-electron chi connectivity index (χ0n) is 9.50. The van der Waals surface area contributed by atoms with Crippen molar-refractivity contribution >= 4 is 17.2 Å². The van der Waals surface area contributed by atoms with Crippen molar-refractivity contribution in [3.05, 3.63) is 28.7 Å². The summed E-state index contributed by atoms with van der Waals surface area (Å²) in [5.41, 5.74) is 3.50. The maximum Gasteiger partial charge on any atom is 0.159 e. The van der Waals surface area contributed by atoms with Gasteiger partial charge in [-0.05, 0) is 37.7 Å². The van der Waals surface area contributed by atoms with Crippen LogP contribution in [0, 0.1) is 12.3 Å². The second kappa shape index (κ2) is 3.20. The zero-order valence-corrected chi connectivity index (χ0v) is 10.3. The van der Waals surface area contributed by atoms with Crippen molar-refractivity contribution in [2.24, 2.45) is 5.41 Å². The lowest BCUT2D eigenvalue weighted by Gasteiger charge is -2.08. The fourth-order valence-corrected chi connectivity index (χ4v) is 2.25. The summed E-state index contributed by atoms with van der Waals surface area (Å²) >= 11 is 6.19. The monoisotopic (exact) mass is 235 g/mol. The summed E-state index contributed by atoms with van der Waals surface area (Å²) in [6.45, 7) is 4.31. The minimum atomic E-state index is 0.461. The van der Waals surface area contributed by atoms with E-state index in [2.05, 4.69) is 17.0 Å². The third kappa shape index (κ3) is 1.59. The summed E-state index contributed by atoms with van der Waals surface area (Å²) in [6.07, 6.45) is 5.43. The Labute approximate surface area is 99.4 Å². The van der Waals surface area contributed by atoms with Crippen LogP contribution in [0.4, 0.5) is 0 Å². The van der Waals surface area contributed by atoms with Crippen LogP contribution in [-0.2, 0) is 6.42 Å². The first kappa shape index (κ1) is 10.1. The van der Waals surface area contributed by atoms with E-state index < -0.39 is 0 Å². The molecule has 0 amide bonds. The van der Waals surface area contributed by atoms with E-state index in [0.29, 0.717) is 10.6 Å². The molecule has 16 heavy (non-hydrogen) atoms. The van der Waals surface area contributed by atoms with Crippen LogP contribution in [0.25, 0.3) is 5.65 Å². The lowest BCUT2D eigenvalue weighted by molar-refractivity contribution is 0.561. The topological polar surface area (TPSA) is 30.2 Å². The van der Waals surface area contributed by atoms with Crippen molar-refractivity contribution in [3.63, 3.8) is 0 Å². The van der Waals surface area contributed by atoms with Crippen LogP contribution in [0.15, 0.2) is 12.3 Å². The quantitative estimate of drug-likeness (QED) is 0.749. The smallest absolute Gasteiger partial charge is 0.159 e. The van der Waals surface area contributed by atoms with Gasteiger partial charge in [-0.2, -0.15) is 5.10 Å². The van der Waals surface area contributed by atoms with Crippen LogP contribution in [0.3, 0.4) is 0 Å². The lowest BCUT2D eigenvalue weighted by atomic mass is 10.0. The van der Waals surface area contributed by atoms with Gasteiger partial charge in [0.05, 0.1) is 6.20 Å². The summed E-state index contributed by atoms with van der Waals surface area (Å²) in [5, 5.41) is 4.84. The van der Waals surface area contributed by atoms with Crippen molar-refractivity contribution in [1.82, 2.24) is 14.6 Å². The first-order chi connectivity index (χ1) is 7.57. The molecule has 0 aliphatic heterocycles. The fraction of sp³-hybridized carbons (Fsp3) is 0.500. The molecule has 0 aromatic carbocycles. The Morgan fingerprint density at radius 3 is 2.94 bits per heavy atom. The van der Waals surface area contributed by atoms with Gasteiger partial charge in [-0.25, -0.2) is 9.50 Å². The number of aryl methyl sites for hydroxylation is 1. The van der Waals surface area contributed by atoms with Crippen LogP contribution in [0.2, 0.25) is 5.15 Å². The first-order valence-corrected chi connectivity index (χ1v) is 5.95. The SMILES string of the molecule is Cc1cnn2c(Cl)cc(CC3(C)CC3)nc12. The number of hydrogen-bond donors (Lipinski definition) is 0. The Morgan fingerprint density at radius 1 is 1.50 bits per heavy atom. The molecule has 2 aromatic heterocycles. The van der Waals surface area contributed by atoms with Gasteiger partial charge >= 0.3 is 0 Å². The number of fused-ring (bicyclic) bond motifs is 1. The Balaban J connectivity index is 2.08. The van der Waals surface area contributed by atoms with Gasteiger partial charge in [-0.15, -0.1) is 0 Å². The van der Waals surface area contributed by atoms with Gasteiger partial charge in [0.25, 0.3) is 0 Å². The predicted octanol–water partition coefficient (Wildman–Crippen LogP) is 3.03. The Bertz CT molecular complexity index is 555. The highest BCUT2D eigenvalue weighted by Crippen LogP contribution is 2.47. The van der Waals surface area contributed by atoms with Gasteiger partial charge < -0.3 is 0 Å². The van der Waals surface area contributed by atoms with Crippen molar-refractivity contribution in [1.29, 1.82) is 0 Å². The largest absolute Gasteiger partial charge is 0.233 e. The molecule has 1 aliphatic rings. The molecule has 0 unspecified atom stereocenters. The number of hydrogen-bond acceptors (Lipinski definition) is 2. The Hall–Kier alpha value is -1.09. The zero-order chi connectivity index (χ0) is 11.3. The molecule has 0 bridgehead atoms. The second-order valence-electron chi connectivity index (χ2n) is 5.12. The van der Waals surface area contributed by atoms with Crippen molar-refractivity contribution in [2.75, 3.05) is 0 Å². The van der Waals surface area contributed by atoms with E-state index >= 15 is 0 Å². The summed E-state index contributed by atoms with van der Waals surface area (Å²) in [6, 6.07) is 1.94. The molecule has 3 rings (SSSR count). The molecule has 1 fully saturated rings. The molecule has 2 aromatic rings. The average Bonchev–Trinajstić information content (AvgIpc) is 2.81. The fourth-order valence-electron chi connectivity index (χ4n) is 2.00. The molecule has 2 heterocycles. The first-order valence-electron chi connectivity index (χ1n) is 5.57. The van der Waals surface area contributed by atoms with Crippen LogP contribution >= 0.6 is 11.6 Å². The molecule has 1 aliphatic carbocycles. The van der Waals surface area contributed by atoms with E-state index in [-0.39, 0.29) is 0 Å². The van der Waals surface area contributed by atoms with Gasteiger partial charge in [-0.1, -0.05) is 18.5 Å². The van der Waals surface area contributed by atoms with E-state index in [1.165, 1.54) is 12.8 Å². The predicted molar refractivity (Wildman–Crippen MR) is 63.8 cm³/mol. The summed E-state index contributed by atoms with van der Waals surface area (Å²) < 4.78 is 1.69. The van der Waals surface area contributed by atoms with Crippen molar-refractivity contribution in [3.8, 4) is 0 Å². The summed E-state index contributed by atoms with van der Waals surface area (Å²) in [7, 11) is 0. The number of nitrogens with zero attached hydrogens (tertiary/aromatic N) is 3. The molecule has 1 saturated carbocycles. The normalized spacial score (nSPS) is 17.9. The van der Waals surface area contributed by atoms with Gasteiger partial charge in [0.2, 0.25) is 0 Å². The van der Waals surface area contributed by atoms with Crippen LogP contribution < -0.4 is 0 Å². The molecule has 0 atom stereocenters.